The van der Waals surface area contributed by atoms with Gasteiger partial charge in [0.05, 0.1) is 125 Å². The van der Waals surface area contributed by atoms with E-state index in [1.54, 1.807) is 83.1 Å². The zero-order valence-electron chi connectivity index (χ0n) is 66.3. The molecule has 0 bridgehead atoms. The highest BCUT2D eigenvalue weighted by molar-refractivity contribution is 6.01. The molecule has 3 aliphatic rings. The van der Waals surface area contributed by atoms with E-state index in [-0.39, 0.29) is 99.0 Å². The minimum atomic E-state index is -1.45. The number of H-pyrrole nitrogens is 1. The van der Waals surface area contributed by atoms with Crippen molar-refractivity contribution in [3.63, 3.8) is 0 Å². The molecule has 40 heteroatoms. The molecule has 0 radical (unpaired) electrons. The number of rotatable bonds is 8. The first kappa shape index (κ1) is 86.9. The molecular formula is C80H80F7N17O16. The van der Waals surface area contributed by atoms with Crippen LogP contribution < -0.4 is 21.7 Å². The number of aromatic amines is 1. The molecule has 2 saturated heterocycles. The molecule has 6 N–H and O–H groups in total. The average Bonchev–Trinajstić information content (AvgIpc) is 1.66. The number of carbonyl (C=O) groups excluding carboxylic acids is 7. The quantitative estimate of drug-likeness (QED) is 0.0310. The summed E-state index contributed by atoms with van der Waals surface area (Å²) in [6.45, 7) is 20.3. The highest BCUT2D eigenvalue weighted by Crippen LogP contribution is 2.45. The van der Waals surface area contributed by atoms with Crippen LogP contribution in [-0.2, 0) is 33.3 Å². The van der Waals surface area contributed by atoms with Gasteiger partial charge in [0.25, 0.3) is 0 Å². The fourth-order valence-electron chi connectivity index (χ4n) is 12.8. The maximum Gasteiger partial charge on any atom is 0.435 e. The second-order valence-electron chi connectivity index (χ2n) is 31.4. The maximum absolute atomic E-state index is 15.4. The van der Waals surface area contributed by atoms with E-state index in [9.17, 15) is 80.1 Å². The van der Waals surface area contributed by atoms with E-state index >= 15 is 4.39 Å². The summed E-state index contributed by atoms with van der Waals surface area (Å²) in [5.41, 5.74) is 6.58. The number of amides is 3. The highest BCUT2D eigenvalue weighted by atomic mass is 19.2. The Labute approximate surface area is 676 Å². The second-order valence-corrected chi connectivity index (χ2v) is 31.4. The van der Waals surface area contributed by atoms with Crippen LogP contribution in [0.2, 0.25) is 0 Å². The number of nitro benzene ring substituents is 2. The summed E-state index contributed by atoms with van der Waals surface area (Å²) in [7, 11) is 0. The van der Waals surface area contributed by atoms with Gasteiger partial charge in [-0.15, -0.1) is 0 Å². The third-order valence-corrected chi connectivity index (χ3v) is 18.0. The minimum Gasteiger partial charge on any atom is -0.448 e. The molecule has 4 atom stereocenters. The van der Waals surface area contributed by atoms with Crippen LogP contribution >= 0.6 is 0 Å². The van der Waals surface area contributed by atoms with E-state index in [0.29, 0.717) is 11.0 Å². The number of hydrogen-bond donors (Lipinski definition) is 5. The molecule has 0 saturated carbocycles. The van der Waals surface area contributed by atoms with Crippen molar-refractivity contribution >= 4 is 125 Å². The van der Waals surface area contributed by atoms with Gasteiger partial charge in [0, 0.05) is 37.4 Å². The van der Waals surface area contributed by atoms with Gasteiger partial charge in [-0.3, -0.25) is 39.8 Å². The summed E-state index contributed by atoms with van der Waals surface area (Å²) >= 11 is 0. The molecule has 12 aromatic rings. The van der Waals surface area contributed by atoms with Crippen LogP contribution in [0.1, 0.15) is 113 Å². The molecule has 2 fully saturated rings. The van der Waals surface area contributed by atoms with Gasteiger partial charge in [-0.05, 0) is 154 Å². The number of nitrogens with two attached hydrogens (primary N) is 1. The van der Waals surface area contributed by atoms with Gasteiger partial charge in [-0.25, -0.2) is 45.9 Å². The highest BCUT2D eigenvalue weighted by Gasteiger charge is 2.42. The number of halogens is 7. The van der Waals surface area contributed by atoms with Gasteiger partial charge < -0.3 is 45.4 Å². The van der Waals surface area contributed by atoms with Gasteiger partial charge in [-0.1, -0.05) is 48.5 Å². The monoisotopic (exact) mass is 1670 g/mol. The lowest BCUT2D eigenvalue weighted by Crippen LogP contribution is -2.43. The van der Waals surface area contributed by atoms with Crippen LogP contribution in [0.15, 0.2) is 140 Å². The molecular weight excluding hydrogens is 1590 g/mol. The Morgan fingerprint density at radius 1 is 0.483 bits per heavy atom. The van der Waals surface area contributed by atoms with Gasteiger partial charge in [-0.2, -0.15) is 53.0 Å². The molecule has 0 spiro atoms. The number of anilines is 3. The predicted molar refractivity (Wildman–Crippen MR) is 423 cm³/mol. The smallest absolute Gasteiger partial charge is 0.435 e. The summed E-state index contributed by atoms with van der Waals surface area (Å²) in [5.74, 6) is -5.48. The zero-order valence-corrected chi connectivity index (χ0v) is 66.3. The van der Waals surface area contributed by atoms with E-state index in [0.717, 1.165) is 70.4 Å². The number of ether oxygens (including phenoxy) is 5. The first-order valence-electron chi connectivity index (χ1n) is 36.9. The van der Waals surface area contributed by atoms with Crippen LogP contribution in [-0.4, -0.2) is 173 Å². The van der Waals surface area contributed by atoms with Crippen LogP contribution in [0.4, 0.5) is 83.1 Å². The predicted octanol–water partition coefficient (Wildman–Crippen LogP) is 15.9. The molecule has 630 valence electrons. The largest absolute Gasteiger partial charge is 0.448 e. The Balaban J connectivity index is 0.000000157. The SMILES string of the molecule is CC(C)(C)OC(=O)n1ncc2c(F)c(N)ccc21.CC(C)(C)OC(=O)n1ncc2c(F)c(NC(=O)[C@H]3C[C@@H](F)CN3)ccc21.CC(C)(C)OC(=O)n1ncc2c(F)c(NC(=O)[C@H]3C[C@@H](F)CN3C(=O)OCC3c4ccccc4-c4ccccc43)ccc21.CC(C)(C)OC(=O)n1ncc2c(F)c([N+](=O)[O-])ccc21.O=[N+]([O-])c1ccc2[nH]ncc2c1F. The maximum atomic E-state index is 15.4. The Kier molecular flexibility index (Phi) is 25.1. The van der Waals surface area contributed by atoms with Gasteiger partial charge in [0.15, 0.2) is 17.5 Å². The molecule has 0 unspecified atom stereocenters. The number of benzene rings is 7. The van der Waals surface area contributed by atoms with Crippen molar-refractivity contribution in [1.29, 1.82) is 0 Å². The molecule has 33 nitrogen and oxygen atoms in total. The topological polar surface area (TPSA) is 417 Å². The molecule has 3 amide bonds. The first-order chi connectivity index (χ1) is 56.4. The molecule has 7 aromatic carbocycles. The van der Waals surface area contributed by atoms with Crippen molar-refractivity contribution in [3.8, 4) is 11.1 Å². The fourth-order valence-corrected chi connectivity index (χ4v) is 12.8. The van der Waals surface area contributed by atoms with Crippen LogP contribution in [0.3, 0.4) is 0 Å². The second kappa shape index (κ2) is 34.7. The molecule has 7 heterocycles. The number of nitrogens with zero attached hydrogens (tertiary/aromatic N) is 12. The van der Waals surface area contributed by atoms with Crippen molar-refractivity contribution in [1.82, 2.24) is 59.5 Å². The van der Waals surface area contributed by atoms with Crippen molar-refractivity contribution in [3.05, 3.63) is 201 Å². The molecule has 15 rings (SSSR count). The number of hydrogen-bond acceptors (Lipinski definition) is 23. The summed E-state index contributed by atoms with van der Waals surface area (Å²) in [6.07, 6.45) is -0.631. The van der Waals surface area contributed by atoms with Gasteiger partial charge >= 0.3 is 41.8 Å². The average molecular weight is 1670 g/mol. The summed E-state index contributed by atoms with van der Waals surface area (Å²) < 4.78 is 129. The first-order valence-corrected chi connectivity index (χ1v) is 36.9. The van der Waals surface area contributed by atoms with Crippen molar-refractivity contribution in [2.75, 3.05) is 36.1 Å². The number of nitrogen functional groups attached to an aromatic ring is 1. The van der Waals surface area contributed by atoms with Crippen molar-refractivity contribution < 1.29 is 97.8 Å². The van der Waals surface area contributed by atoms with Gasteiger partial charge in [0.1, 0.15) is 47.4 Å². The third kappa shape index (κ3) is 19.7. The Morgan fingerprint density at radius 3 is 1.30 bits per heavy atom. The lowest BCUT2D eigenvalue weighted by atomic mass is 9.98. The normalized spacial score (nSPS) is 15.7. The molecule has 5 aromatic heterocycles. The van der Waals surface area contributed by atoms with Crippen molar-refractivity contribution in [2.24, 2.45) is 0 Å². The number of fused-ring (bicyclic) bond motifs is 8. The number of carbonyl (C=O) groups is 7. The number of aromatic nitrogens is 10. The summed E-state index contributed by atoms with van der Waals surface area (Å²) in [4.78, 5) is 107. The van der Waals surface area contributed by atoms with Crippen LogP contribution in [0.25, 0.3) is 65.6 Å². The van der Waals surface area contributed by atoms with E-state index < -0.39 is 139 Å². The number of nitro groups is 2. The standard InChI is InChI=1S/C32H30F2N4O5.C17H20F2N4O3.C12H12FN3O4.C12H14FN3O2.C7H4FN3O2/c1-32(2,3)43-31(41)38-26-13-12-25(28(34)23(26)15-35-38)36-29(39)27-14-18(33)16-37(27)30(40)42-17-24-21-10-6-4-8-19(21)20-9-5-7-11-22(20)24;1-17(2,3)26-16(25)23-13-5-4-11(14(19)10(13)8-21-23)22-15(24)12-6-9(18)7-20-12;1-12(2,3)20-11(17)15-8-4-5-9(16(18)19)10(13)7(8)6-14-15;1-12(2,3)18-11(17)16-9-5-4-8(14)10(13)7(9)6-15-16;8-7-4-3-9-10-5(4)1-2-6(7)11(12)13/h4-13,15,18,24,27H,14,16-17H2,1-3H3,(H,36,39);4-5,8-9,12,20H,6-7H2,1-3H3,(H,22,24);4-6H,1-3H3;4-6H,14H2,1-3H3;1-3H,(H,9,10)/t18-,27-;9-,12-;;;/m11.../s1. The lowest BCUT2D eigenvalue weighted by molar-refractivity contribution is -0.387. The lowest BCUT2D eigenvalue weighted by Gasteiger charge is -2.24. The van der Waals surface area contributed by atoms with Gasteiger partial charge in [0.2, 0.25) is 23.4 Å². The zero-order chi connectivity index (χ0) is 87.5. The molecule has 120 heavy (non-hydrogen) atoms. The summed E-state index contributed by atoms with van der Waals surface area (Å²) in [6, 6.07) is 27.0. The number of alkyl halides is 2. The fraction of sp³-hybridized carbons (Fsp3) is 0.325. The van der Waals surface area contributed by atoms with Crippen molar-refractivity contribution in [2.45, 2.75) is 149 Å². The Hall–Kier alpha value is -14.0. The van der Waals surface area contributed by atoms with E-state index in [4.69, 9.17) is 29.4 Å². The minimum absolute atomic E-state index is 0.0155. The third-order valence-electron chi connectivity index (χ3n) is 18.0. The van der Waals surface area contributed by atoms with E-state index in [1.807, 2.05) is 48.5 Å². The van der Waals surface area contributed by atoms with E-state index in [1.165, 1.54) is 67.1 Å². The van der Waals surface area contributed by atoms with E-state index in [2.05, 4.69) is 46.5 Å². The Bertz CT molecular complexity index is 5950. The van der Waals surface area contributed by atoms with Crippen LogP contribution in [0.5, 0.6) is 0 Å². The number of nitrogens with one attached hydrogen (secondary N) is 4. The summed E-state index contributed by atoms with van der Waals surface area (Å²) in [5, 5.41) is 50.3. The molecule has 1 aliphatic carbocycles. The number of likely N-dealkylation sites (tertiary alicyclic amines) is 1. The van der Waals surface area contributed by atoms with Crippen LogP contribution in [0, 0.1) is 49.3 Å². The molecule has 2 aliphatic heterocycles. The Morgan fingerprint density at radius 2 is 0.875 bits per heavy atom.